The van der Waals surface area contributed by atoms with E-state index in [4.69, 9.17) is 10.5 Å². The number of hydrogen-bond donors (Lipinski definition) is 1. The fourth-order valence-corrected chi connectivity index (χ4v) is 1.81. The molecule has 0 aliphatic heterocycles. The lowest BCUT2D eigenvalue weighted by Gasteiger charge is -2.09. The Balaban J connectivity index is 2.32. The van der Waals surface area contributed by atoms with Crippen molar-refractivity contribution in [3.8, 4) is 5.75 Å². The van der Waals surface area contributed by atoms with Gasteiger partial charge in [0.05, 0.1) is 7.11 Å². The maximum absolute atomic E-state index is 5.73. The van der Waals surface area contributed by atoms with Gasteiger partial charge in [0, 0.05) is 17.9 Å². The number of anilines is 1. The highest BCUT2D eigenvalue weighted by Crippen LogP contribution is 2.20. The Morgan fingerprint density at radius 3 is 2.58 bits per heavy atom. The van der Waals surface area contributed by atoms with Crippen molar-refractivity contribution in [1.82, 2.24) is 15.0 Å². The van der Waals surface area contributed by atoms with E-state index in [2.05, 4.69) is 15.0 Å². The van der Waals surface area contributed by atoms with Crippen LogP contribution in [-0.2, 0) is 6.42 Å². The van der Waals surface area contributed by atoms with Crippen LogP contribution >= 0.6 is 0 Å². The third-order valence-electron chi connectivity index (χ3n) is 2.77. The molecule has 100 valence electrons. The van der Waals surface area contributed by atoms with Crippen LogP contribution in [0.2, 0.25) is 0 Å². The van der Waals surface area contributed by atoms with Crippen molar-refractivity contribution in [2.24, 2.45) is 0 Å². The Hall–Kier alpha value is -2.17. The van der Waals surface area contributed by atoms with Gasteiger partial charge in [0.1, 0.15) is 17.4 Å². The van der Waals surface area contributed by atoms with E-state index in [1.54, 1.807) is 7.11 Å². The lowest BCUT2D eigenvalue weighted by atomic mass is 10.1. The van der Waals surface area contributed by atoms with E-state index in [1.807, 2.05) is 38.1 Å². The third-order valence-corrected chi connectivity index (χ3v) is 2.77. The molecule has 1 heterocycles. The van der Waals surface area contributed by atoms with Gasteiger partial charge in [-0.25, -0.2) is 4.98 Å². The predicted molar refractivity (Wildman–Crippen MR) is 74.1 cm³/mol. The molecule has 2 aromatic rings. The van der Waals surface area contributed by atoms with Gasteiger partial charge in [-0.1, -0.05) is 32.0 Å². The van der Waals surface area contributed by atoms with Gasteiger partial charge in [0.25, 0.3) is 0 Å². The number of nitrogens with two attached hydrogens (primary N) is 1. The highest BCUT2D eigenvalue weighted by Gasteiger charge is 2.10. The molecular formula is C14H18N4O. The molecule has 0 aliphatic carbocycles. The number of rotatable bonds is 4. The van der Waals surface area contributed by atoms with Crippen LogP contribution in [0.1, 0.15) is 37.0 Å². The van der Waals surface area contributed by atoms with Crippen molar-refractivity contribution < 1.29 is 4.74 Å². The fraction of sp³-hybridized carbons (Fsp3) is 0.357. The van der Waals surface area contributed by atoms with Crippen molar-refractivity contribution in [3.05, 3.63) is 41.5 Å². The lowest BCUT2D eigenvalue weighted by Crippen LogP contribution is -2.09. The first-order valence-electron chi connectivity index (χ1n) is 6.22. The van der Waals surface area contributed by atoms with E-state index >= 15 is 0 Å². The van der Waals surface area contributed by atoms with Crippen LogP contribution in [0.25, 0.3) is 0 Å². The molecule has 0 amide bonds. The molecular weight excluding hydrogens is 240 g/mol. The third kappa shape index (κ3) is 3.19. The smallest absolute Gasteiger partial charge is 0.223 e. The number of nitrogen functional groups attached to an aromatic ring is 1. The standard InChI is InChI=1S/C14H18N4O/c1-9(2)13-16-12(17-14(15)18-13)8-10-6-4-5-7-11(10)19-3/h4-7,9H,8H2,1-3H3,(H2,15,16,17,18). The van der Waals surface area contributed by atoms with Gasteiger partial charge in [-0.05, 0) is 6.07 Å². The zero-order chi connectivity index (χ0) is 13.8. The molecule has 2 rings (SSSR count). The van der Waals surface area contributed by atoms with E-state index < -0.39 is 0 Å². The van der Waals surface area contributed by atoms with Crippen LogP contribution in [0.15, 0.2) is 24.3 Å². The monoisotopic (exact) mass is 258 g/mol. The van der Waals surface area contributed by atoms with Crippen molar-refractivity contribution in [1.29, 1.82) is 0 Å². The van der Waals surface area contributed by atoms with Crippen LogP contribution in [0, 0.1) is 0 Å². The van der Waals surface area contributed by atoms with Crippen LogP contribution in [-0.4, -0.2) is 22.1 Å². The first-order valence-corrected chi connectivity index (χ1v) is 6.22. The van der Waals surface area contributed by atoms with Crippen LogP contribution in [0.3, 0.4) is 0 Å². The van der Waals surface area contributed by atoms with Gasteiger partial charge in [0.2, 0.25) is 5.95 Å². The number of nitrogens with zero attached hydrogens (tertiary/aromatic N) is 3. The molecule has 0 radical (unpaired) electrons. The summed E-state index contributed by atoms with van der Waals surface area (Å²) >= 11 is 0. The second-order valence-corrected chi connectivity index (χ2v) is 4.61. The maximum Gasteiger partial charge on any atom is 0.223 e. The molecule has 0 fully saturated rings. The van der Waals surface area contributed by atoms with Gasteiger partial charge < -0.3 is 10.5 Å². The average Bonchev–Trinajstić information content (AvgIpc) is 2.38. The van der Waals surface area contributed by atoms with Crippen molar-refractivity contribution >= 4 is 5.95 Å². The van der Waals surface area contributed by atoms with Crippen molar-refractivity contribution in [2.45, 2.75) is 26.2 Å². The summed E-state index contributed by atoms with van der Waals surface area (Å²) in [6, 6.07) is 7.81. The summed E-state index contributed by atoms with van der Waals surface area (Å²) in [6.45, 7) is 4.06. The minimum absolute atomic E-state index is 0.224. The van der Waals surface area contributed by atoms with Gasteiger partial charge in [0.15, 0.2) is 0 Å². The molecule has 0 aliphatic rings. The molecule has 5 nitrogen and oxygen atoms in total. The molecule has 19 heavy (non-hydrogen) atoms. The van der Waals surface area contributed by atoms with Crippen LogP contribution in [0.4, 0.5) is 5.95 Å². The summed E-state index contributed by atoms with van der Waals surface area (Å²) in [6.07, 6.45) is 0.580. The van der Waals surface area contributed by atoms with Crippen molar-refractivity contribution in [3.63, 3.8) is 0 Å². The molecule has 0 bridgehead atoms. The van der Waals surface area contributed by atoms with Gasteiger partial charge in [-0.3, -0.25) is 0 Å². The van der Waals surface area contributed by atoms with Crippen LogP contribution in [0.5, 0.6) is 5.75 Å². The topological polar surface area (TPSA) is 73.9 Å². The van der Waals surface area contributed by atoms with Gasteiger partial charge >= 0.3 is 0 Å². The fourth-order valence-electron chi connectivity index (χ4n) is 1.81. The summed E-state index contributed by atoms with van der Waals surface area (Å²) in [4.78, 5) is 12.8. The van der Waals surface area contributed by atoms with Gasteiger partial charge in [-0.15, -0.1) is 0 Å². The summed E-state index contributed by atoms with van der Waals surface area (Å²) in [5, 5.41) is 0. The molecule has 5 heteroatoms. The van der Waals surface area contributed by atoms with E-state index in [-0.39, 0.29) is 11.9 Å². The molecule has 0 saturated carbocycles. The largest absolute Gasteiger partial charge is 0.496 e. The summed E-state index contributed by atoms with van der Waals surface area (Å²) in [5.41, 5.74) is 6.76. The second kappa shape index (κ2) is 5.65. The molecule has 0 spiro atoms. The van der Waals surface area contributed by atoms with Crippen molar-refractivity contribution in [2.75, 3.05) is 12.8 Å². The van der Waals surface area contributed by atoms with Crippen LogP contribution < -0.4 is 10.5 Å². The Morgan fingerprint density at radius 2 is 1.89 bits per heavy atom. The summed E-state index contributed by atoms with van der Waals surface area (Å²) < 4.78 is 5.32. The lowest BCUT2D eigenvalue weighted by molar-refractivity contribution is 0.410. The number of ether oxygens (including phenoxy) is 1. The minimum atomic E-state index is 0.224. The summed E-state index contributed by atoms with van der Waals surface area (Å²) in [7, 11) is 1.65. The average molecular weight is 258 g/mol. The highest BCUT2D eigenvalue weighted by molar-refractivity contribution is 5.35. The zero-order valence-electron chi connectivity index (χ0n) is 11.4. The van der Waals surface area contributed by atoms with Gasteiger partial charge in [-0.2, -0.15) is 9.97 Å². The minimum Gasteiger partial charge on any atom is -0.496 e. The molecule has 1 aromatic carbocycles. The number of aromatic nitrogens is 3. The first-order chi connectivity index (χ1) is 9.10. The normalized spacial score (nSPS) is 10.7. The Kier molecular flexibility index (Phi) is 3.94. The molecule has 1 aromatic heterocycles. The Bertz CT molecular complexity index is 569. The number of hydrogen-bond acceptors (Lipinski definition) is 5. The van der Waals surface area contributed by atoms with E-state index in [9.17, 15) is 0 Å². The van der Waals surface area contributed by atoms with E-state index in [0.29, 0.717) is 12.2 Å². The zero-order valence-corrected chi connectivity index (χ0v) is 11.4. The first kappa shape index (κ1) is 13.3. The van der Waals surface area contributed by atoms with E-state index in [0.717, 1.165) is 17.1 Å². The maximum atomic E-state index is 5.73. The number of methoxy groups -OCH3 is 1. The quantitative estimate of drug-likeness (QED) is 0.909. The SMILES string of the molecule is COc1ccccc1Cc1nc(N)nc(C(C)C)n1. The predicted octanol–water partition coefficient (Wildman–Crippen LogP) is 2.18. The molecule has 2 N–H and O–H groups in total. The second-order valence-electron chi connectivity index (χ2n) is 4.61. The summed E-state index contributed by atoms with van der Waals surface area (Å²) in [5.74, 6) is 2.70. The Morgan fingerprint density at radius 1 is 1.16 bits per heavy atom. The molecule has 0 atom stereocenters. The molecule has 0 saturated heterocycles. The van der Waals surface area contributed by atoms with E-state index in [1.165, 1.54) is 0 Å². The Labute approximate surface area is 112 Å². The number of para-hydroxylation sites is 1. The highest BCUT2D eigenvalue weighted by atomic mass is 16.5. The molecule has 0 unspecified atom stereocenters. The number of benzene rings is 1.